The van der Waals surface area contributed by atoms with Gasteiger partial charge in [-0.3, -0.25) is 14.8 Å². The van der Waals surface area contributed by atoms with Gasteiger partial charge in [0.1, 0.15) is 18.2 Å². The summed E-state index contributed by atoms with van der Waals surface area (Å²) in [6, 6.07) is 21.8. The molecule has 0 radical (unpaired) electrons. The molecule has 2 fully saturated rings. The number of piperidine rings is 1. The Hall–Kier alpha value is -4.84. The second-order valence-electron chi connectivity index (χ2n) is 13.1. The number of likely N-dealkylation sites (tertiary alicyclic amines) is 1. The number of amides is 1. The summed E-state index contributed by atoms with van der Waals surface area (Å²) >= 11 is 5.88. The van der Waals surface area contributed by atoms with Gasteiger partial charge >= 0.3 is 0 Å². The van der Waals surface area contributed by atoms with Crippen molar-refractivity contribution in [3.8, 4) is 5.88 Å². The number of aromatic nitrogens is 5. The van der Waals surface area contributed by atoms with Gasteiger partial charge in [0.15, 0.2) is 0 Å². The largest absolute Gasteiger partial charge is 0.473 e. The van der Waals surface area contributed by atoms with Crippen molar-refractivity contribution in [3.05, 3.63) is 112 Å². The van der Waals surface area contributed by atoms with Crippen molar-refractivity contribution in [3.63, 3.8) is 0 Å². The molecule has 10 nitrogen and oxygen atoms in total. The molecule has 2 aliphatic heterocycles. The Morgan fingerprint density at radius 2 is 1.90 bits per heavy atom. The second-order valence-corrected chi connectivity index (χ2v) is 13.6. The van der Waals surface area contributed by atoms with Crippen LogP contribution < -0.4 is 10.1 Å². The first-order valence-electron chi connectivity index (χ1n) is 17.0. The highest BCUT2D eigenvalue weighted by molar-refractivity contribution is 6.30. The maximum absolute atomic E-state index is 14.2. The molecule has 3 aromatic carbocycles. The van der Waals surface area contributed by atoms with Crippen LogP contribution in [0, 0.1) is 12.7 Å². The SMILES string of the molecule is Cc1[nH]nc2cc(NC(=O)c3ccc4c(c3)nc(CN3CCC(c5cccc(OCc6ccc(Cl)cc6F)n5)CC3)n4C[C@@H]3CCO3)ccc12. The predicted molar refractivity (Wildman–Crippen MR) is 190 cm³/mol. The van der Waals surface area contributed by atoms with Gasteiger partial charge in [-0.2, -0.15) is 5.10 Å². The lowest BCUT2D eigenvalue weighted by Crippen LogP contribution is -2.35. The molecular weight excluding hydrogens is 657 g/mol. The number of anilines is 1. The number of hydrogen-bond donors (Lipinski definition) is 2. The number of nitrogens with one attached hydrogen (secondary N) is 2. The van der Waals surface area contributed by atoms with Crippen LogP contribution in [0.4, 0.5) is 10.1 Å². The summed E-state index contributed by atoms with van der Waals surface area (Å²) in [4.78, 5) is 25.6. The Morgan fingerprint density at radius 3 is 2.70 bits per heavy atom. The average molecular weight is 694 g/mol. The summed E-state index contributed by atoms with van der Waals surface area (Å²) in [5.74, 6) is 1.15. The molecule has 0 aliphatic carbocycles. The molecule has 1 atom stereocenters. The molecule has 0 bridgehead atoms. The number of H-pyrrole nitrogens is 1. The smallest absolute Gasteiger partial charge is 0.255 e. The average Bonchev–Trinajstić information content (AvgIpc) is 3.64. The molecule has 3 aromatic heterocycles. The zero-order valence-corrected chi connectivity index (χ0v) is 28.4. The van der Waals surface area contributed by atoms with E-state index in [9.17, 15) is 9.18 Å². The van der Waals surface area contributed by atoms with Crippen molar-refractivity contribution >= 4 is 45.1 Å². The number of ether oxygens (including phenoxy) is 2. The van der Waals surface area contributed by atoms with E-state index in [1.807, 2.05) is 55.5 Å². The van der Waals surface area contributed by atoms with Crippen molar-refractivity contribution in [2.45, 2.75) is 57.9 Å². The first-order valence-corrected chi connectivity index (χ1v) is 17.4. The molecule has 0 spiro atoms. The van der Waals surface area contributed by atoms with Gasteiger partial charge in [0.2, 0.25) is 5.88 Å². The van der Waals surface area contributed by atoms with Gasteiger partial charge in [0.05, 0.1) is 35.7 Å². The van der Waals surface area contributed by atoms with Gasteiger partial charge in [0.25, 0.3) is 5.91 Å². The van der Waals surface area contributed by atoms with E-state index >= 15 is 0 Å². The molecule has 8 rings (SSSR count). The van der Waals surface area contributed by atoms with Crippen LogP contribution >= 0.6 is 11.6 Å². The number of halogens is 2. The van der Waals surface area contributed by atoms with Crippen LogP contribution in [0.1, 0.15) is 58.3 Å². The third-order valence-corrected chi connectivity index (χ3v) is 10.0. The minimum atomic E-state index is -0.393. The standard InChI is InChI=1S/C38H37ClFN7O3/c1-23-30-9-8-28(19-33(30)45-44-23)41-38(48)25-6-10-35-34(17-25)42-36(47(35)20-29-13-16-49-29)21-46-14-11-24(12-15-46)32-3-2-4-37(43-32)50-22-26-5-7-27(39)18-31(26)40/h2-10,17-19,24,29H,11-16,20-22H2,1H3,(H,41,48)(H,44,45)/t29-/m0/s1. The highest BCUT2D eigenvalue weighted by atomic mass is 35.5. The molecule has 256 valence electrons. The monoisotopic (exact) mass is 693 g/mol. The molecule has 5 heterocycles. The molecule has 50 heavy (non-hydrogen) atoms. The van der Waals surface area contributed by atoms with Gasteiger partial charge in [-0.15, -0.1) is 0 Å². The number of fused-ring (bicyclic) bond motifs is 2. The first-order chi connectivity index (χ1) is 24.4. The van der Waals surface area contributed by atoms with Crippen molar-refractivity contribution in [2.24, 2.45) is 0 Å². The lowest BCUT2D eigenvalue weighted by Gasteiger charge is -2.32. The van der Waals surface area contributed by atoms with Crippen LogP contribution in [0.15, 0.2) is 72.8 Å². The number of carbonyl (C=O) groups excluding carboxylic acids is 1. The fourth-order valence-electron chi connectivity index (χ4n) is 6.82. The molecule has 0 unspecified atom stereocenters. The maximum atomic E-state index is 14.2. The molecular formula is C38H37ClFN7O3. The van der Waals surface area contributed by atoms with Crippen LogP contribution in [0.3, 0.4) is 0 Å². The van der Waals surface area contributed by atoms with Crippen LogP contribution in [0.25, 0.3) is 21.9 Å². The second kappa shape index (κ2) is 13.8. The molecule has 2 N–H and O–H groups in total. The summed E-state index contributed by atoms with van der Waals surface area (Å²) in [6.45, 7) is 6.05. The van der Waals surface area contributed by atoms with E-state index in [0.29, 0.717) is 40.2 Å². The third kappa shape index (κ3) is 6.81. The highest BCUT2D eigenvalue weighted by Gasteiger charge is 2.26. The van der Waals surface area contributed by atoms with Crippen molar-refractivity contribution < 1.29 is 18.7 Å². The molecule has 1 amide bonds. The molecule has 2 aliphatic rings. The van der Waals surface area contributed by atoms with Crippen LogP contribution in [-0.4, -0.2) is 61.3 Å². The van der Waals surface area contributed by atoms with Gasteiger partial charge in [-0.1, -0.05) is 23.7 Å². The lowest BCUT2D eigenvalue weighted by molar-refractivity contribution is -0.0592. The van der Waals surface area contributed by atoms with E-state index in [0.717, 1.165) is 84.7 Å². The van der Waals surface area contributed by atoms with Gasteiger partial charge < -0.3 is 19.4 Å². The minimum absolute atomic E-state index is 0.0821. The number of nitrogens with zero attached hydrogens (tertiary/aromatic N) is 5. The van der Waals surface area contributed by atoms with Crippen molar-refractivity contribution in [2.75, 3.05) is 25.0 Å². The topological polar surface area (TPSA) is 110 Å². The lowest BCUT2D eigenvalue weighted by atomic mass is 9.93. The molecule has 0 saturated carbocycles. The number of carbonyl (C=O) groups is 1. The zero-order valence-electron chi connectivity index (χ0n) is 27.7. The highest BCUT2D eigenvalue weighted by Crippen LogP contribution is 2.30. The van der Waals surface area contributed by atoms with Crippen molar-refractivity contribution in [1.29, 1.82) is 0 Å². The van der Waals surface area contributed by atoms with E-state index in [1.54, 1.807) is 18.2 Å². The maximum Gasteiger partial charge on any atom is 0.255 e. The first kappa shape index (κ1) is 32.4. The third-order valence-electron chi connectivity index (χ3n) is 9.78. The van der Waals surface area contributed by atoms with E-state index < -0.39 is 5.82 Å². The van der Waals surface area contributed by atoms with Crippen molar-refractivity contribution in [1.82, 2.24) is 29.6 Å². The number of benzene rings is 3. The fourth-order valence-corrected chi connectivity index (χ4v) is 6.98. The number of hydrogen-bond acceptors (Lipinski definition) is 7. The summed E-state index contributed by atoms with van der Waals surface area (Å²) in [6.07, 6.45) is 3.08. The number of imidazole rings is 1. The predicted octanol–water partition coefficient (Wildman–Crippen LogP) is 7.41. The summed E-state index contributed by atoms with van der Waals surface area (Å²) < 4.78 is 28.1. The van der Waals surface area contributed by atoms with Crippen LogP contribution in [-0.2, 0) is 24.4 Å². The van der Waals surface area contributed by atoms with Crippen LogP contribution in [0.5, 0.6) is 5.88 Å². The molecule has 6 aromatic rings. The fraction of sp³-hybridized carbons (Fsp3) is 0.316. The van der Waals surface area contributed by atoms with Crippen LogP contribution in [0.2, 0.25) is 5.02 Å². The summed E-state index contributed by atoms with van der Waals surface area (Å²) in [7, 11) is 0. The van der Waals surface area contributed by atoms with E-state index in [1.165, 1.54) is 6.07 Å². The Labute approximate surface area is 293 Å². The van der Waals surface area contributed by atoms with E-state index in [4.69, 9.17) is 31.0 Å². The normalized spacial score (nSPS) is 16.9. The quantitative estimate of drug-likeness (QED) is 0.154. The van der Waals surface area contributed by atoms with E-state index in [-0.39, 0.29) is 18.6 Å². The Morgan fingerprint density at radius 1 is 1.04 bits per heavy atom. The minimum Gasteiger partial charge on any atom is -0.473 e. The summed E-state index contributed by atoms with van der Waals surface area (Å²) in [5, 5.41) is 11.7. The number of rotatable bonds is 10. The Bertz CT molecular complexity index is 2190. The number of aromatic amines is 1. The summed E-state index contributed by atoms with van der Waals surface area (Å²) in [5.41, 5.74) is 6.24. The van der Waals surface area contributed by atoms with E-state index in [2.05, 4.69) is 25.0 Å². The van der Waals surface area contributed by atoms with Gasteiger partial charge in [-0.25, -0.2) is 14.4 Å². The number of pyridine rings is 1. The Balaban J connectivity index is 0.937. The molecule has 12 heteroatoms. The van der Waals surface area contributed by atoms with Gasteiger partial charge in [0, 0.05) is 57.2 Å². The Kier molecular flexibility index (Phi) is 8.94. The molecule has 2 saturated heterocycles. The number of aryl methyl sites for hydroxylation is 1. The zero-order chi connectivity index (χ0) is 34.2. The van der Waals surface area contributed by atoms with Gasteiger partial charge in [-0.05, 0) is 93.9 Å².